The van der Waals surface area contributed by atoms with Gasteiger partial charge >= 0.3 is 5.97 Å². The maximum Gasteiger partial charge on any atom is 0.311 e. The highest BCUT2D eigenvalue weighted by molar-refractivity contribution is 9.10. The van der Waals surface area contributed by atoms with E-state index >= 15 is 0 Å². The molecule has 1 atom stereocenters. The molecule has 0 fully saturated rings. The summed E-state index contributed by atoms with van der Waals surface area (Å²) in [5, 5.41) is 9.42. The van der Waals surface area contributed by atoms with Crippen LogP contribution >= 0.6 is 15.9 Å². The molecule has 4 heteroatoms. The normalized spacial score (nSPS) is 18.9. The van der Waals surface area contributed by atoms with Crippen molar-refractivity contribution in [3.63, 3.8) is 0 Å². The third-order valence-corrected chi connectivity index (χ3v) is 4.65. The fourth-order valence-electron chi connectivity index (χ4n) is 2.67. The van der Waals surface area contributed by atoms with E-state index in [0.717, 1.165) is 23.1 Å². The van der Waals surface area contributed by atoms with Gasteiger partial charge in [0.05, 0.1) is 5.41 Å². The molecule has 18 heavy (non-hydrogen) atoms. The summed E-state index contributed by atoms with van der Waals surface area (Å²) < 4.78 is 1.07. The van der Waals surface area contributed by atoms with E-state index in [1.165, 1.54) is 5.56 Å². The Morgan fingerprint density at radius 1 is 1.56 bits per heavy atom. The van der Waals surface area contributed by atoms with Gasteiger partial charge < -0.3 is 10.0 Å². The number of likely N-dealkylation sites (N-methyl/N-ethyl adjacent to an activating group) is 1. The molecule has 0 saturated heterocycles. The molecule has 1 aromatic carbocycles. The number of nitrogens with zero attached hydrogens (tertiary/aromatic N) is 1. The maximum atomic E-state index is 11.5. The highest BCUT2D eigenvalue weighted by Gasteiger charge is 2.44. The van der Waals surface area contributed by atoms with E-state index in [9.17, 15) is 9.90 Å². The highest BCUT2D eigenvalue weighted by atomic mass is 79.9. The van der Waals surface area contributed by atoms with E-state index < -0.39 is 11.4 Å². The maximum absolute atomic E-state index is 11.5. The van der Waals surface area contributed by atoms with Crippen LogP contribution in [0.5, 0.6) is 0 Å². The van der Waals surface area contributed by atoms with E-state index in [4.69, 9.17) is 0 Å². The zero-order valence-electron chi connectivity index (χ0n) is 10.9. The van der Waals surface area contributed by atoms with E-state index in [1.54, 1.807) is 0 Å². The van der Waals surface area contributed by atoms with Crippen LogP contribution < -0.4 is 4.90 Å². The Labute approximate surface area is 116 Å². The van der Waals surface area contributed by atoms with Crippen molar-refractivity contribution in [2.75, 3.05) is 11.4 Å². The lowest BCUT2D eigenvalue weighted by molar-refractivity contribution is -0.148. The molecule has 2 rings (SSSR count). The largest absolute Gasteiger partial charge is 0.481 e. The van der Waals surface area contributed by atoms with Gasteiger partial charge in [-0.1, -0.05) is 22.0 Å². The van der Waals surface area contributed by atoms with Gasteiger partial charge in [-0.25, -0.2) is 0 Å². The van der Waals surface area contributed by atoms with Gasteiger partial charge in [0.15, 0.2) is 0 Å². The quantitative estimate of drug-likeness (QED) is 0.931. The van der Waals surface area contributed by atoms with Gasteiger partial charge in [0.1, 0.15) is 0 Å². The third kappa shape index (κ3) is 1.92. The molecule has 0 saturated carbocycles. The predicted octanol–water partition coefficient (Wildman–Crippen LogP) is 3.31. The number of hydrogen-bond donors (Lipinski definition) is 1. The topological polar surface area (TPSA) is 40.5 Å². The fourth-order valence-corrected chi connectivity index (χ4v) is 3.19. The predicted molar refractivity (Wildman–Crippen MR) is 76.1 cm³/mol. The highest BCUT2D eigenvalue weighted by Crippen LogP contribution is 2.42. The first-order chi connectivity index (χ1) is 8.39. The van der Waals surface area contributed by atoms with Crippen LogP contribution in [0, 0.1) is 5.41 Å². The van der Waals surface area contributed by atoms with E-state index in [0.29, 0.717) is 0 Å². The minimum absolute atomic E-state index is 0.00806. The van der Waals surface area contributed by atoms with Crippen LogP contribution in [0.4, 0.5) is 5.69 Å². The van der Waals surface area contributed by atoms with E-state index in [1.807, 2.05) is 26.0 Å². The second-order valence-corrected chi connectivity index (χ2v) is 6.12. The van der Waals surface area contributed by atoms with Gasteiger partial charge in [-0.15, -0.1) is 0 Å². The first kappa shape index (κ1) is 13.4. The van der Waals surface area contributed by atoms with Crippen LogP contribution in [0.3, 0.4) is 0 Å². The average molecular weight is 312 g/mol. The van der Waals surface area contributed by atoms with Crippen LogP contribution in [0.25, 0.3) is 0 Å². The van der Waals surface area contributed by atoms with E-state index in [-0.39, 0.29) is 6.04 Å². The summed E-state index contributed by atoms with van der Waals surface area (Å²) in [5.74, 6) is -0.741. The molecular weight excluding hydrogens is 294 g/mol. The lowest BCUT2D eigenvalue weighted by Gasteiger charge is -2.35. The number of carboxylic acids is 1. The van der Waals surface area contributed by atoms with Crippen LogP contribution in [0.15, 0.2) is 22.7 Å². The summed E-state index contributed by atoms with van der Waals surface area (Å²) in [6, 6.07) is 6.10. The second kappa shape index (κ2) is 4.57. The second-order valence-electron chi connectivity index (χ2n) is 5.27. The zero-order valence-corrected chi connectivity index (χ0v) is 12.5. The standard InChI is InChI=1S/C14H18BrNO2/c1-4-16-11-7-5-6-10(15)9(11)8-12(16)14(2,3)13(17)18/h5-7,12H,4,8H2,1-3H3,(H,17,18). The van der Waals surface area contributed by atoms with Crippen molar-refractivity contribution in [2.45, 2.75) is 33.2 Å². The molecule has 1 aliphatic heterocycles. The number of fused-ring (bicyclic) bond motifs is 1. The molecule has 0 bridgehead atoms. The summed E-state index contributed by atoms with van der Waals surface area (Å²) >= 11 is 3.56. The SMILES string of the molecule is CCN1c2cccc(Br)c2CC1C(C)(C)C(=O)O. The van der Waals surface area contributed by atoms with Crippen molar-refractivity contribution >= 4 is 27.6 Å². The number of rotatable bonds is 3. The van der Waals surface area contributed by atoms with Crippen molar-refractivity contribution < 1.29 is 9.90 Å². The third-order valence-electron chi connectivity index (χ3n) is 3.90. The first-order valence-electron chi connectivity index (χ1n) is 6.17. The Balaban J connectivity index is 2.45. The monoisotopic (exact) mass is 311 g/mol. The minimum atomic E-state index is -0.755. The molecule has 3 nitrogen and oxygen atoms in total. The first-order valence-corrected chi connectivity index (χ1v) is 6.96. The van der Waals surface area contributed by atoms with Gasteiger partial charge in [-0.05, 0) is 44.9 Å². The number of halogens is 1. The Morgan fingerprint density at radius 2 is 2.22 bits per heavy atom. The molecule has 0 aromatic heterocycles. The van der Waals surface area contributed by atoms with Crippen molar-refractivity contribution in [1.29, 1.82) is 0 Å². The number of carboxylic acid groups (broad SMARTS) is 1. The molecule has 98 valence electrons. The molecule has 0 spiro atoms. The smallest absolute Gasteiger partial charge is 0.311 e. The molecule has 0 amide bonds. The lowest BCUT2D eigenvalue weighted by atomic mass is 9.82. The molecule has 1 N–H and O–H groups in total. The number of aliphatic carboxylic acids is 1. The van der Waals surface area contributed by atoms with Crippen molar-refractivity contribution in [1.82, 2.24) is 0 Å². The van der Waals surface area contributed by atoms with E-state index in [2.05, 4.69) is 33.8 Å². The fraction of sp³-hybridized carbons (Fsp3) is 0.500. The number of anilines is 1. The molecular formula is C14H18BrNO2. The summed E-state index contributed by atoms with van der Waals surface area (Å²) in [7, 11) is 0. The van der Waals surface area contributed by atoms with Gasteiger partial charge in [0.2, 0.25) is 0 Å². The van der Waals surface area contributed by atoms with Gasteiger partial charge in [-0.3, -0.25) is 4.79 Å². The molecule has 0 radical (unpaired) electrons. The van der Waals surface area contributed by atoms with Gasteiger partial charge in [0.25, 0.3) is 0 Å². The zero-order chi connectivity index (χ0) is 13.5. The van der Waals surface area contributed by atoms with Crippen LogP contribution in [0.1, 0.15) is 26.3 Å². The Bertz CT molecular complexity index is 485. The molecule has 1 heterocycles. The molecule has 1 unspecified atom stereocenters. The van der Waals surface area contributed by atoms with Crippen molar-refractivity contribution in [3.8, 4) is 0 Å². The molecule has 1 aliphatic rings. The van der Waals surface area contributed by atoms with Gasteiger partial charge in [-0.2, -0.15) is 0 Å². The minimum Gasteiger partial charge on any atom is -0.481 e. The average Bonchev–Trinajstić information content (AvgIpc) is 2.69. The number of benzene rings is 1. The summed E-state index contributed by atoms with van der Waals surface area (Å²) in [4.78, 5) is 13.7. The number of carbonyl (C=O) groups is 1. The summed E-state index contributed by atoms with van der Waals surface area (Å²) in [6.07, 6.45) is 0.782. The Hall–Kier alpha value is -1.03. The molecule has 1 aromatic rings. The lowest BCUT2D eigenvalue weighted by Crippen LogP contribution is -2.47. The van der Waals surface area contributed by atoms with Crippen LogP contribution in [0.2, 0.25) is 0 Å². The van der Waals surface area contributed by atoms with Gasteiger partial charge in [0, 0.05) is 22.7 Å². The van der Waals surface area contributed by atoms with Crippen LogP contribution in [-0.2, 0) is 11.2 Å². The Morgan fingerprint density at radius 3 is 2.78 bits per heavy atom. The Kier molecular flexibility index (Phi) is 3.41. The van der Waals surface area contributed by atoms with Crippen LogP contribution in [-0.4, -0.2) is 23.7 Å². The summed E-state index contributed by atoms with van der Waals surface area (Å²) in [5.41, 5.74) is 1.62. The summed E-state index contributed by atoms with van der Waals surface area (Å²) in [6.45, 7) is 6.51. The number of hydrogen-bond acceptors (Lipinski definition) is 2. The van der Waals surface area contributed by atoms with Crippen molar-refractivity contribution in [2.24, 2.45) is 5.41 Å². The van der Waals surface area contributed by atoms with Crippen molar-refractivity contribution in [3.05, 3.63) is 28.2 Å². The molecule has 0 aliphatic carbocycles.